The molecule has 0 aromatic rings. The molecule has 7 nitrogen and oxygen atoms in total. The van der Waals surface area contributed by atoms with Gasteiger partial charge in [0, 0.05) is 0 Å². The summed E-state index contributed by atoms with van der Waals surface area (Å²) in [6, 6.07) is 0. The molecule has 0 radical (unpaired) electrons. The molecule has 0 heterocycles. The normalized spacial score (nSPS) is 27.3. The van der Waals surface area contributed by atoms with Gasteiger partial charge in [0.25, 0.3) is 10.1 Å². The second-order valence-electron chi connectivity index (χ2n) is 3.05. The first-order valence-electron chi connectivity index (χ1n) is 3.82. The average Bonchev–Trinajstić information content (AvgIpc) is 2.29. The van der Waals surface area contributed by atoms with Gasteiger partial charge in [-0.25, -0.2) is 4.18 Å². The Bertz CT molecular complexity index is 399. The Morgan fingerprint density at radius 1 is 1.07 bits per heavy atom. The van der Waals surface area contributed by atoms with Gasteiger partial charge in [-0.05, 0) is 19.3 Å². The molecule has 0 amide bonds. The number of hydrogen-bond donors (Lipinski definition) is 2. The van der Waals surface area contributed by atoms with E-state index in [0.717, 1.165) is 0 Å². The van der Waals surface area contributed by atoms with Crippen molar-refractivity contribution in [2.45, 2.75) is 30.6 Å². The van der Waals surface area contributed by atoms with Crippen molar-refractivity contribution in [3.05, 3.63) is 0 Å². The molecule has 0 saturated heterocycles. The zero-order valence-electron chi connectivity index (χ0n) is 8.03. The predicted octanol–water partition coefficient (Wildman–Crippen LogP) is -3.38. The molecule has 84 valence electrons. The third kappa shape index (κ3) is 5.09. The van der Waals surface area contributed by atoms with Crippen molar-refractivity contribution in [1.29, 1.82) is 0 Å². The van der Waals surface area contributed by atoms with Crippen LogP contribution >= 0.6 is 0 Å². The van der Waals surface area contributed by atoms with Crippen LogP contribution in [-0.4, -0.2) is 37.3 Å². The second kappa shape index (κ2) is 5.41. The summed E-state index contributed by atoms with van der Waals surface area (Å²) in [5.74, 6) is 0. The molecule has 0 aliphatic heterocycles. The van der Waals surface area contributed by atoms with Gasteiger partial charge in [0.2, 0.25) is 0 Å². The summed E-state index contributed by atoms with van der Waals surface area (Å²) >= 11 is 0. The predicted molar refractivity (Wildman–Crippen MR) is 45.6 cm³/mol. The van der Waals surface area contributed by atoms with E-state index in [2.05, 4.69) is 4.18 Å². The van der Waals surface area contributed by atoms with Gasteiger partial charge in [0.05, 0.1) is 6.10 Å². The third-order valence-electron chi connectivity index (χ3n) is 2.02. The van der Waals surface area contributed by atoms with Gasteiger partial charge < -0.3 is 0 Å². The molecule has 1 saturated carbocycles. The van der Waals surface area contributed by atoms with Crippen LogP contribution in [0.1, 0.15) is 19.3 Å². The standard InChI is InChI=1S/C5H10O7S2.Na/c6-13(7,8)5-3-1-2-4(5)12-14(9,10)11;/h4-5H,1-3H2,(H,6,7,8)(H,9,10,11);/q;+1. The molecular weight excluding hydrogens is 259 g/mol. The van der Waals surface area contributed by atoms with Crippen molar-refractivity contribution in [3.8, 4) is 0 Å². The van der Waals surface area contributed by atoms with Crippen molar-refractivity contribution in [2.75, 3.05) is 0 Å². The second-order valence-corrected chi connectivity index (χ2v) is 5.73. The Morgan fingerprint density at radius 3 is 2.00 bits per heavy atom. The fourth-order valence-electron chi connectivity index (χ4n) is 1.50. The van der Waals surface area contributed by atoms with Gasteiger partial charge in [0.15, 0.2) is 0 Å². The van der Waals surface area contributed by atoms with Crippen molar-refractivity contribution in [2.24, 2.45) is 0 Å². The Labute approximate surface area is 110 Å². The molecule has 2 unspecified atom stereocenters. The van der Waals surface area contributed by atoms with Crippen LogP contribution in [-0.2, 0) is 24.7 Å². The van der Waals surface area contributed by atoms with Gasteiger partial charge in [-0.2, -0.15) is 16.8 Å². The van der Waals surface area contributed by atoms with E-state index < -0.39 is 31.9 Å². The first kappa shape index (κ1) is 15.8. The van der Waals surface area contributed by atoms with E-state index in [1.165, 1.54) is 0 Å². The summed E-state index contributed by atoms with van der Waals surface area (Å²) in [5, 5.41) is -1.27. The Hall–Kier alpha value is 0.780. The Kier molecular flexibility index (Phi) is 5.69. The molecule has 1 fully saturated rings. The average molecular weight is 269 g/mol. The zero-order chi connectivity index (χ0) is 11.0. The monoisotopic (exact) mass is 269 g/mol. The van der Waals surface area contributed by atoms with Gasteiger partial charge in [0.1, 0.15) is 5.25 Å². The quantitative estimate of drug-likeness (QED) is 0.405. The molecule has 15 heavy (non-hydrogen) atoms. The summed E-state index contributed by atoms with van der Waals surface area (Å²) in [4.78, 5) is 0. The van der Waals surface area contributed by atoms with E-state index in [1.807, 2.05) is 0 Å². The Morgan fingerprint density at radius 2 is 1.60 bits per heavy atom. The van der Waals surface area contributed by atoms with Crippen LogP contribution in [0.25, 0.3) is 0 Å². The molecule has 0 bridgehead atoms. The first-order chi connectivity index (χ1) is 6.20. The van der Waals surface area contributed by atoms with Gasteiger partial charge >= 0.3 is 40.0 Å². The maximum atomic E-state index is 10.7. The topological polar surface area (TPSA) is 118 Å². The summed E-state index contributed by atoms with van der Waals surface area (Å²) < 4.78 is 63.3. The first-order valence-corrected chi connectivity index (χ1v) is 6.69. The molecule has 2 atom stereocenters. The Balaban J connectivity index is 0.00000196. The number of hydrogen-bond acceptors (Lipinski definition) is 5. The largest absolute Gasteiger partial charge is 1.00 e. The van der Waals surface area contributed by atoms with Crippen LogP contribution in [0.5, 0.6) is 0 Å². The summed E-state index contributed by atoms with van der Waals surface area (Å²) in [6.45, 7) is 0. The molecule has 0 aromatic heterocycles. The van der Waals surface area contributed by atoms with Crippen molar-refractivity contribution in [1.82, 2.24) is 0 Å². The molecule has 1 aliphatic carbocycles. The van der Waals surface area contributed by atoms with Gasteiger partial charge in [-0.3, -0.25) is 9.11 Å². The summed E-state index contributed by atoms with van der Waals surface area (Å²) in [7, 11) is -9.00. The summed E-state index contributed by atoms with van der Waals surface area (Å²) in [5.41, 5.74) is 0. The van der Waals surface area contributed by atoms with E-state index in [-0.39, 0.29) is 42.4 Å². The number of rotatable bonds is 3. The van der Waals surface area contributed by atoms with E-state index >= 15 is 0 Å². The van der Waals surface area contributed by atoms with Crippen LogP contribution in [0.3, 0.4) is 0 Å². The molecular formula is C5H10NaO7S2+. The van der Waals surface area contributed by atoms with Crippen LogP contribution < -0.4 is 29.6 Å². The van der Waals surface area contributed by atoms with E-state index in [0.29, 0.717) is 6.42 Å². The van der Waals surface area contributed by atoms with Crippen LogP contribution in [0.15, 0.2) is 0 Å². The summed E-state index contributed by atoms with van der Waals surface area (Å²) in [6.07, 6.45) is -0.478. The van der Waals surface area contributed by atoms with E-state index in [4.69, 9.17) is 9.11 Å². The van der Waals surface area contributed by atoms with E-state index in [1.54, 1.807) is 0 Å². The minimum absolute atomic E-state index is 0. The molecule has 0 spiro atoms. The zero-order valence-corrected chi connectivity index (χ0v) is 11.7. The third-order valence-corrected chi connectivity index (χ3v) is 3.81. The van der Waals surface area contributed by atoms with Crippen LogP contribution in [0, 0.1) is 0 Å². The molecule has 0 aromatic carbocycles. The van der Waals surface area contributed by atoms with Crippen molar-refractivity contribution in [3.63, 3.8) is 0 Å². The molecule has 1 rings (SSSR count). The fourth-order valence-corrected chi connectivity index (χ4v) is 3.15. The van der Waals surface area contributed by atoms with Crippen LogP contribution in [0.4, 0.5) is 0 Å². The smallest absolute Gasteiger partial charge is 0.285 e. The minimum Gasteiger partial charge on any atom is -0.285 e. The molecule has 1 aliphatic rings. The SMILES string of the molecule is O=S(=O)(O)OC1CCCC1S(=O)(=O)O.[Na+]. The maximum absolute atomic E-state index is 10.7. The molecule has 2 N–H and O–H groups in total. The van der Waals surface area contributed by atoms with Crippen molar-refractivity contribution < 1.29 is 59.7 Å². The van der Waals surface area contributed by atoms with Crippen LogP contribution in [0.2, 0.25) is 0 Å². The van der Waals surface area contributed by atoms with E-state index in [9.17, 15) is 16.8 Å². The van der Waals surface area contributed by atoms with Gasteiger partial charge in [-0.1, -0.05) is 0 Å². The van der Waals surface area contributed by atoms with Crippen molar-refractivity contribution >= 4 is 20.5 Å². The van der Waals surface area contributed by atoms with Gasteiger partial charge in [-0.15, -0.1) is 0 Å². The maximum Gasteiger partial charge on any atom is 1.00 e. The minimum atomic E-state index is -4.68. The fraction of sp³-hybridized carbons (Fsp3) is 1.00. The molecule has 10 heteroatoms.